The highest BCUT2D eigenvalue weighted by atomic mass is 16.5. The van der Waals surface area contributed by atoms with Crippen molar-refractivity contribution in [3.63, 3.8) is 0 Å². The van der Waals surface area contributed by atoms with Gasteiger partial charge in [0.15, 0.2) is 0 Å². The van der Waals surface area contributed by atoms with Crippen molar-refractivity contribution >= 4 is 0 Å². The monoisotopic (exact) mass is 246 g/mol. The Morgan fingerprint density at radius 3 is 2.39 bits per heavy atom. The first-order chi connectivity index (χ1) is 8.56. The second-order valence-corrected chi connectivity index (χ2v) is 6.24. The van der Waals surface area contributed by atoms with Gasteiger partial charge in [0.2, 0.25) is 0 Å². The zero-order chi connectivity index (χ0) is 13.3. The van der Waals surface area contributed by atoms with E-state index in [9.17, 15) is 0 Å². The van der Waals surface area contributed by atoms with E-state index in [4.69, 9.17) is 4.74 Å². The van der Waals surface area contributed by atoms with Crippen LogP contribution < -0.4 is 4.74 Å². The van der Waals surface area contributed by atoms with Crippen molar-refractivity contribution in [2.24, 2.45) is 17.8 Å². The first-order valence-corrected chi connectivity index (χ1v) is 7.22. The molecule has 0 aliphatic heterocycles. The van der Waals surface area contributed by atoms with E-state index in [2.05, 4.69) is 45.9 Å². The Morgan fingerprint density at radius 1 is 1.11 bits per heavy atom. The molecule has 0 radical (unpaired) electrons. The van der Waals surface area contributed by atoms with Gasteiger partial charge >= 0.3 is 0 Å². The van der Waals surface area contributed by atoms with Crippen LogP contribution in [0.5, 0.6) is 5.75 Å². The third kappa shape index (κ3) is 2.28. The predicted octanol–water partition coefficient (Wildman–Crippen LogP) is 4.65. The Labute approximate surface area is 112 Å². The highest BCUT2D eigenvalue weighted by Crippen LogP contribution is 2.46. The van der Waals surface area contributed by atoms with Crippen LogP contribution in [0.4, 0.5) is 0 Å². The molecule has 2 atom stereocenters. The molecule has 2 unspecified atom stereocenters. The van der Waals surface area contributed by atoms with Crippen LogP contribution in [0, 0.1) is 17.8 Å². The lowest BCUT2D eigenvalue weighted by Crippen LogP contribution is -2.28. The topological polar surface area (TPSA) is 9.23 Å². The molecule has 1 heteroatoms. The van der Waals surface area contributed by atoms with Gasteiger partial charge in [-0.25, -0.2) is 0 Å². The molecule has 100 valence electrons. The lowest BCUT2D eigenvalue weighted by Gasteiger charge is -2.39. The summed E-state index contributed by atoms with van der Waals surface area (Å²) in [4.78, 5) is 0. The maximum Gasteiger partial charge on any atom is 0.122 e. The largest absolute Gasteiger partial charge is 0.496 e. The first-order valence-electron chi connectivity index (χ1n) is 7.22. The summed E-state index contributed by atoms with van der Waals surface area (Å²) < 4.78 is 5.54. The number of ether oxygens (including phenoxy) is 1. The Hall–Kier alpha value is -0.980. The van der Waals surface area contributed by atoms with E-state index < -0.39 is 0 Å². The molecule has 1 aliphatic carbocycles. The Kier molecular flexibility index (Phi) is 3.99. The minimum Gasteiger partial charge on any atom is -0.496 e. The van der Waals surface area contributed by atoms with Crippen molar-refractivity contribution in [3.05, 3.63) is 29.3 Å². The molecule has 0 heterocycles. The van der Waals surface area contributed by atoms with Gasteiger partial charge in [-0.15, -0.1) is 0 Å². The van der Waals surface area contributed by atoms with Crippen LogP contribution in [0.2, 0.25) is 0 Å². The molecule has 0 saturated heterocycles. The molecule has 1 aromatic carbocycles. The molecule has 0 fully saturated rings. The predicted molar refractivity (Wildman–Crippen MR) is 77.2 cm³/mol. The van der Waals surface area contributed by atoms with Gasteiger partial charge in [-0.2, -0.15) is 0 Å². The summed E-state index contributed by atoms with van der Waals surface area (Å²) in [5.41, 5.74) is 2.99. The SMILES string of the molecule is COc1cccc2c1CCC(C(C)C)C2C(C)C. The van der Waals surface area contributed by atoms with Crippen molar-refractivity contribution in [2.45, 2.75) is 46.5 Å². The van der Waals surface area contributed by atoms with Crippen LogP contribution in [0.15, 0.2) is 18.2 Å². The Bertz CT molecular complexity index is 406. The number of rotatable bonds is 3. The molecule has 0 bridgehead atoms. The van der Waals surface area contributed by atoms with Crippen LogP contribution in [0.1, 0.15) is 51.2 Å². The summed E-state index contributed by atoms with van der Waals surface area (Å²) in [7, 11) is 1.79. The zero-order valence-corrected chi connectivity index (χ0v) is 12.4. The zero-order valence-electron chi connectivity index (χ0n) is 12.4. The maximum atomic E-state index is 5.54. The highest BCUT2D eigenvalue weighted by molar-refractivity contribution is 5.44. The second-order valence-electron chi connectivity index (χ2n) is 6.24. The fraction of sp³-hybridized carbons (Fsp3) is 0.647. The molecule has 0 amide bonds. The van der Waals surface area contributed by atoms with Gasteiger partial charge in [-0.3, -0.25) is 0 Å². The summed E-state index contributed by atoms with van der Waals surface area (Å²) in [6.45, 7) is 9.44. The van der Waals surface area contributed by atoms with E-state index in [1.54, 1.807) is 7.11 Å². The molecule has 1 aromatic rings. The fourth-order valence-corrected chi connectivity index (χ4v) is 3.68. The quantitative estimate of drug-likeness (QED) is 0.754. The number of hydrogen-bond donors (Lipinski definition) is 0. The van der Waals surface area contributed by atoms with Crippen LogP contribution in [0.3, 0.4) is 0 Å². The van der Waals surface area contributed by atoms with Gasteiger partial charge in [0.05, 0.1) is 7.11 Å². The third-order valence-electron chi connectivity index (χ3n) is 4.51. The summed E-state index contributed by atoms with van der Waals surface area (Å²) >= 11 is 0. The fourth-order valence-electron chi connectivity index (χ4n) is 3.68. The Morgan fingerprint density at radius 2 is 1.83 bits per heavy atom. The summed E-state index contributed by atoms with van der Waals surface area (Å²) in [5.74, 6) is 4.04. The van der Waals surface area contributed by atoms with E-state index >= 15 is 0 Å². The van der Waals surface area contributed by atoms with Gasteiger partial charge in [0, 0.05) is 0 Å². The average molecular weight is 246 g/mol. The number of hydrogen-bond acceptors (Lipinski definition) is 1. The lowest BCUT2D eigenvalue weighted by molar-refractivity contribution is 0.234. The van der Waals surface area contributed by atoms with Crippen LogP contribution in [-0.4, -0.2) is 7.11 Å². The summed E-state index contributed by atoms with van der Waals surface area (Å²) in [6, 6.07) is 6.57. The number of benzene rings is 1. The van der Waals surface area contributed by atoms with Crippen LogP contribution >= 0.6 is 0 Å². The molecule has 2 rings (SSSR count). The highest BCUT2D eigenvalue weighted by Gasteiger charge is 2.34. The molecule has 1 nitrogen and oxygen atoms in total. The molecule has 18 heavy (non-hydrogen) atoms. The van der Waals surface area contributed by atoms with Gasteiger partial charge < -0.3 is 4.74 Å². The lowest BCUT2D eigenvalue weighted by atomic mass is 9.66. The molecular formula is C17H26O. The number of fused-ring (bicyclic) bond motifs is 1. The van der Waals surface area contributed by atoms with Gasteiger partial charge in [-0.1, -0.05) is 39.8 Å². The summed E-state index contributed by atoms with van der Waals surface area (Å²) in [5, 5.41) is 0. The minimum atomic E-state index is 0.684. The Balaban J connectivity index is 2.47. The van der Waals surface area contributed by atoms with Crippen molar-refractivity contribution in [3.8, 4) is 5.75 Å². The molecule has 0 spiro atoms. The second kappa shape index (κ2) is 5.34. The first kappa shape index (κ1) is 13.5. The average Bonchev–Trinajstić information content (AvgIpc) is 2.35. The number of methoxy groups -OCH3 is 1. The van der Waals surface area contributed by atoms with Crippen molar-refractivity contribution in [1.29, 1.82) is 0 Å². The van der Waals surface area contributed by atoms with Crippen LogP contribution in [0.25, 0.3) is 0 Å². The maximum absolute atomic E-state index is 5.54. The molecule has 0 N–H and O–H groups in total. The van der Waals surface area contributed by atoms with Crippen molar-refractivity contribution in [1.82, 2.24) is 0 Å². The minimum absolute atomic E-state index is 0.684. The van der Waals surface area contributed by atoms with E-state index in [0.717, 1.165) is 17.6 Å². The third-order valence-corrected chi connectivity index (χ3v) is 4.51. The van der Waals surface area contributed by atoms with Gasteiger partial charge in [-0.05, 0) is 53.7 Å². The molecule has 0 saturated carbocycles. The normalized spacial score (nSPS) is 23.3. The van der Waals surface area contributed by atoms with Gasteiger partial charge in [0.1, 0.15) is 5.75 Å². The van der Waals surface area contributed by atoms with E-state index in [1.165, 1.54) is 24.0 Å². The van der Waals surface area contributed by atoms with Crippen molar-refractivity contribution < 1.29 is 4.74 Å². The summed E-state index contributed by atoms with van der Waals surface area (Å²) in [6.07, 6.45) is 2.47. The van der Waals surface area contributed by atoms with E-state index in [-0.39, 0.29) is 0 Å². The molecule has 0 aromatic heterocycles. The molecular weight excluding hydrogens is 220 g/mol. The van der Waals surface area contributed by atoms with E-state index in [0.29, 0.717) is 11.8 Å². The molecule has 1 aliphatic rings. The smallest absolute Gasteiger partial charge is 0.122 e. The standard InChI is InChI=1S/C17H26O/c1-11(2)13-9-10-14-15(17(13)12(3)4)7-6-8-16(14)18-5/h6-8,11-13,17H,9-10H2,1-5H3. The van der Waals surface area contributed by atoms with Crippen molar-refractivity contribution in [2.75, 3.05) is 7.11 Å². The van der Waals surface area contributed by atoms with Gasteiger partial charge in [0.25, 0.3) is 0 Å². The van der Waals surface area contributed by atoms with E-state index in [1.807, 2.05) is 0 Å². The van der Waals surface area contributed by atoms with Crippen LogP contribution in [-0.2, 0) is 6.42 Å².